The lowest BCUT2D eigenvalue weighted by atomic mass is 9.73. The molecule has 0 saturated heterocycles. The van der Waals surface area contributed by atoms with Crippen molar-refractivity contribution >= 4 is 17.3 Å². The second-order valence-corrected chi connectivity index (χ2v) is 6.40. The highest BCUT2D eigenvalue weighted by Crippen LogP contribution is 2.41. The Morgan fingerprint density at radius 3 is 2.59 bits per heavy atom. The number of hydrogen-bond donors (Lipinski definition) is 0. The molecule has 0 spiro atoms. The normalized spacial score (nSPS) is 19.4. The molecular weight excluding hydrogens is 347 g/mol. The van der Waals surface area contributed by atoms with Crippen LogP contribution in [0.2, 0.25) is 0 Å². The zero-order chi connectivity index (χ0) is 19.4. The van der Waals surface area contributed by atoms with E-state index in [1.165, 1.54) is 18.2 Å². The van der Waals surface area contributed by atoms with Gasteiger partial charge in [-0.05, 0) is 60.4 Å². The van der Waals surface area contributed by atoms with Crippen LogP contribution in [0.15, 0.2) is 54.6 Å². The second kappa shape index (κ2) is 8.16. The number of allylic oxidation sites excluding steroid dienone is 2. The van der Waals surface area contributed by atoms with Crippen molar-refractivity contribution in [3.63, 3.8) is 0 Å². The number of esters is 1. The third-order valence-corrected chi connectivity index (χ3v) is 4.74. The number of halogens is 1. The number of methoxy groups -OCH3 is 1. The van der Waals surface area contributed by atoms with Crippen LogP contribution in [0, 0.1) is 11.7 Å². The highest BCUT2D eigenvalue weighted by atomic mass is 19.1. The predicted octanol–water partition coefficient (Wildman–Crippen LogP) is 4.15. The van der Waals surface area contributed by atoms with Gasteiger partial charge in [0.1, 0.15) is 17.5 Å². The van der Waals surface area contributed by atoms with Crippen molar-refractivity contribution in [3.05, 3.63) is 71.6 Å². The van der Waals surface area contributed by atoms with Crippen LogP contribution < -0.4 is 4.74 Å². The summed E-state index contributed by atoms with van der Waals surface area (Å²) in [6.45, 7) is 1.92. The van der Waals surface area contributed by atoms with E-state index >= 15 is 0 Å². The molecule has 1 aliphatic carbocycles. The minimum Gasteiger partial charge on any atom is -0.497 e. The Kier molecular flexibility index (Phi) is 5.69. The molecule has 3 rings (SSSR count). The average molecular weight is 368 g/mol. The number of carbonyl (C=O) groups is 2. The van der Waals surface area contributed by atoms with Gasteiger partial charge in [-0.25, -0.2) is 4.39 Å². The zero-order valence-corrected chi connectivity index (χ0v) is 15.3. The molecule has 2 aromatic carbocycles. The smallest absolute Gasteiger partial charge is 0.317 e. The van der Waals surface area contributed by atoms with Gasteiger partial charge in [0, 0.05) is 5.92 Å². The van der Waals surface area contributed by atoms with E-state index in [0.29, 0.717) is 12.2 Å². The van der Waals surface area contributed by atoms with Crippen molar-refractivity contribution in [2.75, 3.05) is 13.7 Å². The van der Waals surface area contributed by atoms with Crippen LogP contribution in [0.1, 0.15) is 30.4 Å². The highest BCUT2D eigenvalue weighted by Gasteiger charge is 2.39. The van der Waals surface area contributed by atoms with Crippen LogP contribution in [0.4, 0.5) is 4.39 Å². The van der Waals surface area contributed by atoms with E-state index in [0.717, 1.165) is 16.7 Å². The second-order valence-electron chi connectivity index (χ2n) is 6.40. The maximum Gasteiger partial charge on any atom is 0.317 e. The molecule has 4 nitrogen and oxygen atoms in total. The minimum atomic E-state index is -0.902. The van der Waals surface area contributed by atoms with Crippen LogP contribution in [0.5, 0.6) is 5.75 Å². The SMILES string of the molecule is CCOC(=O)[C@H]1C(=O)C=C(c2ccc(F)cc2)C[C@H]1c1cccc(OC)c1. The van der Waals surface area contributed by atoms with E-state index in [1.807, 2.05) is 24.3 Å². The van der Waals surface area contributed by atoms with Crippen LogP contribution in [-0.2, 0) is 14.3 Å². The van der Waals surface area contributed by atoms with Crippen LogP contribution in [-0.4, -0.2) is 25.5 Å². The molecule has 0 fully saturated rings. The maximum absolute atomic E-state index is 13.2. The number of carbonyl (C=O) groups excluding carboxylic acids is 2. The standard InChI is InChI=1S/C22H21FO4/c1-3-27-22(25)21-19(15-5-4-6-18(11-15)26-2)12-16(13-20(21)24)14-7-9-17(23)10-8-14/h4-11,13,19,21H,3,12H2,1-2H3/t19-,21+/m0/s1. The average Bonchev–Trinajstić information content (AvgIpc) is 2.68. The first-order chi connectivity index (χ1) is 13.0. The topological polar surface area (TPSA) is 52.6 Å². The lowest BCUT2D eigenvalue weighted by Gasteiger charge is -2.29. The highest BCUT2D eigenvalue weighted by molar-refractivity contribution is 6.10. The molecule has 1 aliphatic rings. The molecule has 0 unspecified atom stereocenters. The zero-order valence-electron chi connectivity index (χ0n) is 15.3. The molecule has 0 radical (unpaired) electrons. The van der Waals surface area contributed by atoms with E-state index in [1.54, 1.807) is 26.2 Å². The minimum absolute atomic E-state index is 0.210. The van der Waals surface area contributed by atoms with Gasteiger partial charge in [-0.2, -0.15) is 0 Å². The summed E-state index contributed by atoms with van der Waals surface area (Å²) in [5.74, 6) is -1.79. The van der Waals surface area contributed by atoms with Crippen molar-refractivity contribution in [2.45, 2.75) is 19.3 Å². The monoisotopic (exact) mass is 368 g/mol. The van der Waals surface area contributed by atoms with Crippen molar-refractivity contribution in [1.82, 2.24) is 0 Å². The van der Waals surface area contributed by atoms with Gasteiger partial charge in [-0.15, -0.1) is 0 Å². The molecule has 0 aromatic heterocycles. The van der Waals surface area contributed by atoms with E-state index < -0.39 is 11.9 Å². The molecule has 140 valence electrons. The van der Waals surface area contributed by atoms with Gasteiger partial charge >= 0.3 is 5.97 Å². The third-order valence-electron chi connectivity index (χ3n) is 4.74. The summed E-state index contributed by atoms with van der Waals surface area (Å²) in [5.41, 5.74) is 2.36. The Bertz CT molecular complexity index is 870. The van der Waals surface area contributed by atoms with Gasteiger partial charge in [0.2, 0.25) is 0 Å². The molecule has 0 saturated carbocycles. The van der Waals surface area contributed by atoms with E-state index in [-0.39, 0.29) is 24.1 Å². The quantitative estimate of drug-likeness (QED) is 0.588. The Hall–Kier alpha value is -2.95. The molecule has 0 N–H and O–H groups in total. The van der Waals surface area contributed by atoms with Crippen molar-refractivity contribution in [2.24, 2.45) is 5.92 Å². The van der Waals surface area contributed by atoms with Crippen molar-refractivity contribution < 1.29 is 23.5 Å². The number of rotatable bonds is 5. The van der Waals surface area contributed by atoms with E-state index in [4.69, 9.17) is 9.47 Å². The fourth-order valence-corrected chi connectivity index (χ4v) is 3.43. The summed E-state index contributed by atoms with van der Waals surface area (Å²) in [6.07, 6.45) is 1.94. The number of ketones is 1. The molecule has 2 aromatic rings. The van der Waals surface area contributed by atoms with Crippen molar-refractivity contribution in [3.8, 4) is 5.75 Å². The fraction of sp³-hybridized carbons (Fsp3) is 0.273. The first-order valence-corrected chi connectivity index (χ1v) is 8.84. The predicted molar refractivity (Wildman–Crippen MR) is 99.9 cm³/mol. The number of ether oxygens (including phenoxy) is 2. The summed E-state index contributed by atoms with van der Waals surface area (Å²) in [6, 6.07) is 13.3. The summed E-state index contributed by atoms with van der Waals surface area (Å²) < 4.78 is 23.7. The van der Waals surface area contributed by atoms with Gasteiger partial charge in [-0.3, -0.25) is 9.59 Å². The van der Waals surface area contributed by atoms with E-state index in [9.17, 15) is 14.0 Å². The lowest BCUT2D eigenvalue weighted by Crippen LogP contribution is -2.34. The summed E-state index contributed by atoms with van der Waals surface area (Å²) >= 11 is 0. The van der Waals surface area contributed by atoms with Crippen molar-refractivity contribution in [1.29, 1.82) is 0 Å². The first-order valence-electron chi connectivity index (χ1n) is 8.84. The Morgan fingerprint density at radius 2 is 1.93 bits per heavy atom. The van der Waals surface area contributed by atoms with Gasteiger partial charge in [0.25, 0.3) is 0 Å². The van der Waals surface area contributed by atoms with Crippen LogP contribution in [0.25, 0.3) is 5.57 Å². The molecule has 0 aliphatic heterocycles. The third kappa shape index (κ3) is 4.08. The van der Waals surface area contributed by atoms with Gasteiger partial charge in [-0.1, -0.05) is 24.3 Å². The number of hydrogen-bond acceptors (Lipinski definition) is 4. The van der Waals surface area contributed by atoms with Gasteiger partial charge in [0.15, 0.2) is 5.78 Å². The van der Waals surface area contributed by atoms with Gasteiger partial charge < -0.3 is 9.47 Å². The molecule has 0 heterocycles. The lowest BCUT2D eigenvalue weighted by molar-refractivity contribution is -0.151. The Morgan fingerprint density at radius 1 is 1.19 bits per heavy atom. The van der Waals surface area contributed by atoms with E-state index in [2.05, 4.69) is 0 Å². The number of benzene rings is 2. The largest absolute Gasteiger partial charge is 0.497 e. The van der Waals surface area contributed by atoms with Gasteiger partial charge in [0.05, 0.1) is 13.7 Å². The summed E-state index contributed by atoms with van der Waals surface area (Å²) in [7, 11) is 1.57. The molecule has 0 bridgehead atoms. The Labute approximate surface area is 157 Å². The maximum atomic E-state index is 13.2. The summed E-state index contributed by atoms with van der Waals surface area (Å²) in [4.78, 5) is 25.3. The summed E-state index contributed by atoms with van der Waals surface area (Å²) in [5, 5.41) is 0. The Balaban J connectivity index is 2.02. The molecule has 27 heavy (non-hydrogen) atoms. The van der Waals surface area contributed by atoms with Crippen LogP contribution in [0.3, 0.4) is 0 Å². The van der Waals surface area contributed by atoms with Crippen LogP contribution >= 0.6 is 0 Å². The fourth-order valence-electron chi connectivity index (χ4n) is 3.43. The molecular formula is C22H21FO4. The molecule has 0 amide bonds. The first kappa shape index (κ1) is 18.8. The molecule has 2 atom stereocenters. The molecule has 5 heteroatoms.